The van der Waals surface area contributed by atoms with Crippen molar-refractivity contribution in [3.8, 4) is 0 Å². The molecular weight excluding hydrogens is 200 g/mol. The van der Waals surface area contributed by atoms with Gasteiger partial charge < -0.3 is 5.32 Å². The van der Waals surface area contributed by atoms with Crippen molar-refractivity contribution in [1.82, 2.24) is 5.32 Å². The van der Waals surface area contributed by atoms with Gasteiger partial charge in [-0.3, -0.25) is 4.79 Å². The average molecular weight is 211 g/mol. The quantitative estimate of drug-likeness (QED) is 0.797. The van der Waals surface area contributed by atoms with Crippen molar-refractivity contribution < 1.29 is 13.6 Å². The lowest BCUT2D eigenvalue weighted by Crippen LogP contribution is -2.27. The van der Waals surface area contributed by atoms with Crippen LogP contribution in [0.15, 0.2) is 18.2 Å². The molecule has 2 rings (SSSR count). The maximum atomic E-state index is 13.2. The molecule has 0 aromatic heterocycles. The Kier molecular flexibility index (Phi) is 2.42. The highest BCUT2D eigenvalue weighted by atomic mass is 19.2. The molecule has 1 amide bonds. The normalized spacial score (nSPS) is 23.7. The summed E-state index contributed by atoms with van der Waals surface area (Å²) >= 11 is 0. The lowest BCUT2D eigenvalue weighted by Gasteiger charge is -2.04. The first kappa shape index (κ1) is 10.1. The van der Waals surface area contributed by atoms with E-state index in [-0.39, 0.29) is 11.6 Å². The Hall–Kier alpha value is -1.45. The summed E-state index contributed by atoms with van der Waals surface area (Å²) in [5, 5.41) is 2.64. The molecule has 15 heavy (non-hydrogen) atoms. The Labute approximate surface area is 86.3 Å². The van der Waals surface area contributed by atoms with E-state index in [1.54, 1.807) is 0 Å². The highest BCUT2D eigenvalue weighted by molar-refractivity contribution is 5.94. The number of hydrogen-bond donors (Lipinski definition) is 1. The lowest BCUT2D eigenvalue weighted by molar-refractivity contribution is 0.0944. The van der Waals surface area contributed by atoms with Crippen molar-refractivity contribution in [3.63, 3.8) is 0 Å². The highest BCUT2D eigenvalue weighted by Crippen LogP contribution is 2.29. The molecule has 0 spiro atoms. The first-order valence-corrected chi connectivity index (χ1v) is 4.84. The zero-order chi connectivity index (χ0) is 11.0. The summed E-state index contributed by atoms with van der Waals surface area (Å²) in [5.41, 5.74) is -0.228. The van der Waals surface area contributed by atoms with Crippen molar-refractivity contribution in [1.29, 1.82) is 0 Å². The zero-order valence-corrected chi connectivity index (χ0v) is 8.26. The van der Waals surface area contributed by atoms with E-state index in [2.05, 4.69) is 5.32 Å². The molecule has 0 radical (unpaired) electrons. The molecule has 0 saturated heterocycles. The van der Waals surface area contributed by atoms with Crippen molar-refractivity contribution in [3.05, 3.63) is 35.4 Å². The number of carbonyl (C=O) groups is 1. The molecule has 80 valence electrons. The van der Waals surface area contributed by atoms with Crippen LogP contribution in [0.4, 0.5) is 8.78 Å². The maximum absolute atomic E-state index is 13.2. The Morgan fingerprint density at radius 1 is 1.47 bits per heavy atom. The number of hydrogen-bond acceptors (Lipinski definition) is 1. The van der Waals surface area contributed by atoms with E-state index < -0.39 is 17.5 Å². The lowest BCUT2D eigenvalue weighted by atomic mass is 10.2. The standard InChI is InChI=1S/C11H11F2NO/c1-6-5-9(6)14-11(15)7-3-2-4-8(12)10(7)13/h2-4,6,9H,5H2,1H3,(H,14,15). The molecule has 4 heteroatoms. The monoisotopic (exact) mass is 211 g/mol. The predicted molar refractivity (Wildman–Crippen MR) is 51.4 cm³/mol. The molecule has 1 aromatic carbocycles. The third-order valence-corrected chi connectivity index (χ3v) is 2.62. The van der Waals surface area contributed by atoms with Crippen LogP contribution < -0.4 is 5.32 Å². The van der Waals surface area contributed by atoms with Gasteiger partial charge in [-0.25, -0.2) is 8.78 Å². The molecule has 2 unspecified atom stereocenters. The second-order valence-corrected chi connectivity index (χ2v) is 3.89. The third kappa shape index (κ3) is 1.98. The van der Waals surface area contributed by atoms with Gasteiger partial charge in [-0.1, -0.05) is 13.0 Å². The van der Waals surface area contributed by atoms with Crippen LogP contribution >= 0.6 is 0 Å². The van der Waals surface area contributed by atoms with Gasteiger partial charge in [-0.05, 0) is 24.5 Å². The molecule has 1 aliphatic rings. The van der Waals surface area contributed by atoms with Crippen LogP contribution in [-0.4, -0.2) is 11.9 Å². The van der Waals surface area contributed by atoms with E-state index >= 15 is 0 Å². The van der Waals surface area contributed by atoms with Gasteiger partial charge in [0.2, 0.25) is 0 Å². The fourth-order valence-electron chi connectivity index (χ4n) is 1.45. The molecule has 0 heterocycles. The number of halogens is 2. The van der Waals surface area contributed by atoms with E-state index in [0.717, 1.165) is 12.5 Å². The maximum Gasteiger partial charge on any atom is 0.254 e. The van der Waals surface area contributed by atoms with Gasteiger partial charge >= 0.3 is 0 Å². The minimum absolute atomic E-state index is 0.111. The summed E-state index contributed by atoms with van der Waals surface area (Å²) in [5.74, 6) is -2.18. The third-order valence-electron chi connectivity index (χ3n) is 2.62. The van der Waals surface area contributed by atoms with E-state index in [4.69, 9.17) is 0 Å². The summed E-state index contributed by atoms with van der Waals surface area (Å²) in [6, 6.07) is 3.70. The number of amides is 1. The van der Waals surface area contributed by atoms with E-state index in [1.165, 1.54) is 12.1 Å². The smallest absolute Gasteiger partial charge is 0.254 e. The molecule has 1 fully saturated rings. The van der Waals surface area contributed by atoms with Crippen LogP contribution in [0, 0.1) is 17.6 Å². The predicted octanol–water partition coefficient (Wildman–Crippen LogP) is 2.10. The second kappa shape index (κ2) is 3.61. The molecule has 2 atom stereocenters. The van der Waals surface area contributed by atoms with Gasteiger partial charge in [0.25, 0.3) is 5.91 Å². The summed E-state index contributed by atoms with van der Waals surface area (Å²) < 4.78 is 26.0. The number of carbonyl (C=O) groups excluding carboxylic acids is 1. The fourth-order valence-corrected chi connectivity index (χ4v) is 1.45. The second-order valence-electron chi connectivity index (χ2n) is 3.89. The van der Waals surface area contributed by atoms with Gasteiger partial charge in [0, 0.05) is 6.04 Å². The topological polar surface area (TPSA) is 29.1 Å². The van der Waals surface area contributed by atoms with Gasteiger partial charge in [0.05, 0.1) is 5.56 Å². The van der Waals surface area contributed by atoms with Crippen molar-refractivity contribution >= 4 is 5.91 Å². The van der Waals surface area contributed by atoms with Crippen LogP contribution in [-0.2, 0) is 0 Å². The van der Waals surface area contributed by atoms with Crippen LogP contribution in [0.3, 0.4) is 0 Å². The average Bonchev–Trinajstić information content (AvgIpc) is 2.86. The minimum atomic E-state index is -1.08. The first-order chi connectivity index (χ1) is 7.09. The van der Waals surface area contributed by atoms with Crippen molar-refractivity contribution in [2.24, 2.45) is 5.92 Å². The van der Waals surface area contributed by atoms with Crippen LogP contribution in [0.5, 0.6) is 0 Å². The molecule has 1 aromatic rings. The van der Waals surface area contributed by atoms with E-state index in [0.29, 0.717) is 5.92 Å². The number of benzene rings is 1. The Morgan fingerprint density at radius 3 is 2.73 bits per heavy atom. The fraction of sp³-hybridized carbons (Fsp3) is 0.364. The molecule has 1 saturated carbocycles. The van der Waals surface area contributed by atoms with Crippen molar-refractivity contribution in [2.75, 3.05) is 0 Å². The van der Waals surface area contributed by atoms with Crippen LogP contribution in [0.1, 0.15) is 23.7 Å². The van der Waals surface area contributed by atoms with Crippen molar-refractivity contribution in [2.45, 2.75) is 19.4 Å². The Morgan fingerprint density at radius 2 is 2.13 bits per heavy atom. The molecule has 2 nitrogen and oxygen atoms in total. The van der Waals surface area contributed by atoms with Gasteiger partial charge in [0.1, 0.15) is 0 Å². The minimum Gasteiger partial charge on any atom is -0.349 e. The van der Waals surface area contributed by atoms with E-state index in [9.17, 15) is 13.6 Å². The molecule has 1 aliphatic carbocycles. The summed E-state index contributed by atoms with van der Waals surface area (Å²) in [6.07, 6.45) is 0.905. The Bertz CT molecular complexity index is 406. The van der Waals surface area contributed by atoms with Crippen LogP contribution in [0.2, 0.25) is 0 Å². The van der Waals surface area contributed by atoms with Crippen LogP contribution in [0.25, 0.3) is 0 Å². The molecule has 0 aliphatic heterocycles. The molecule has 0 bridgehead atoms. The van der Waals surface area contributed by atoms with Gasteiger partial charge in [0.15, 0.2) is 11.6 Å². The summed E-state index contributed by atoms with van der Waals surface area (Å²) in [4.78, 5) is 11.5. The summed E-state index contributed by atoms with van der Waals surface area (Å²) in [7, 11) is 0. The largest absolute Gasteiger partial charge is 0.349 e. The molecular formula is C11H11F2NO. The SMILES string of the molecule is CC1CC1NC(=O)c1cccc(F)c1F. The number of rotatable bonds is 2. The van der Waals surface area contributed by atoms with E-state index in [1.807, 2.05) is 6.92 Å². The van der Waals surface area contributed by atoms with Gasteiger partial charge in [-0.2, -0.15) is 0 Å². The summed E-state index contributed by atoms with van der Waals surface area (Å²) in [6.45, 7) is 1.99. The van der Waals surface area contributed by atoms with Gasteiger partial charge in [-0.15, -0.1) is 0 Å². The molecule has 1 N–H and O–H groups in total. The first-order valence-electron chi connectivity index (χ1n) is 4.84. The Balaban J connectivity index is 2.14. The highest BCUT2D eigenvalue weighted by Gasteiger charge is 2.34. The zero-order valence-electron chi connectivity index (χ0n) is 8.26. The number of nitrogens with one attached hydrogen (secondary N) is 1.